The fraction of sp³-hybridized carbons (Fsp3) is 0.714. The minimum atomic E-state index is -1.06. The molecule has 0 saturated heterocycles. The fourth-order valence-electron chi connectivity index (χ4n) is 0.806. The average molecular weight is 175 g/mol. The summed E-state index contributed by atoms with van der Waals surface area (Å²) in [4.78, 5) is 25.7. The number of nitrogens with zero attached hydrogens (tertiary/aromatic N) is 1. The van der Waals surface area contributed by atoms with Crippen molar-refractivity contribution in [1.29, 1.82) is 0 Å². The highest BCUT2D eigenvalue weighted by Gasteiger charge is 2.22. The van der Waals surface area contributed by atoms with Crippen LogP contribution in [0.15, 0.2) is 0 Å². The molecule has 5 heteroatoms. The molecule has 12 heavy (non-hydrogen) atoms. The third-order valence-electron chi connectivity index (χ3n) is 1.36. The molecule has 1 amide bonds. The van der Waals surface area contributed by atoms with E-state index < -0.39 is 12.0 Å². The molecular weight excluding hydrogens is 162 g/mol. The molecule has 0 saturated carbocycles. The van der Waals surface area contributed by atoms with Crippen LogP contribution in [0.25, 0.3) is 0 Å². The van der Waals surface area contributed by atoms with Gasteiger partial charge < -0.3 is 5.11 Å². The molecule has 0 radical (unpaired) electrons. The van der Waals surface area contributed by atoms with Crippen LogP contribution in [0.2, 0.25) is 0 Å². The first-order valence-corrected chi connectivity index (χ1v) is 3.76. The van der Waals surface area contributed by atoms with Gasteiger partial charge in [-0.1, -0.05) is 6.92 Å². The predicted molar refractivity (Wildman–Crippen MR) is 41.2 cm³/mol. The van der Waals surface area contributed by atoms with E-state index in [1.54, 1.807) is 13.8 Å². The van der Waals surface area contributed by atoms with Crippen molar-refractivity contribution in [3.63, 3.8) is 0 Å². The van der Waals surface area contributed by atoms with Gasteiger partial charge in [-0.15, -0.1) is 0 Å². The first-order chi connectivity index (χ1) is 5.67. The van der Waals surface area contributed by atoms with E-state index in [1.165, 1.54) is 0 Å². The Bertz CT molecular complexity index is 159. The lowest BCUT2D eigenvalue weighted by Crippen LogP contribution is -2.39. The summed E-state index contributed by atoms with van der Waals surface area (Å²) >= 11 is 0. The van der Waals surface area contributed by atoms with Crippen molar-refractivity contribution < 1.29 is 19.5 Å². The summed E-state index contributed by atoms with van der Waals surface area (Å²) in [5.41, 5.74) is 0. The first-order valence-electron chi connectivity index (χ1n) is 3.76. The van der Waals surface area contributed by atoms with E-state index in [1.807, 2.05) is 0 Å². The van der Waals surface area contributed by atoms with Gasteiger partial charge in [0, 0.05) is 0 Å². The highest BCUT2D eigenvalue weighted by molar-refractivity contribution is 5.75. The topological polar surface area (TPSA) is 66.8 Å². The van der Waals surface area contributed by atoms with Crippen molar-refractivity contribution in [2.24, 2.45) is 0 Å². The lowest BCUT2D eigenvalue weighted by Gasteiger charge is -2.21. The van der Waals surface area contributed by atoms with E-state index in [0.29, 0.717) is 12.8 Å². The van der Waals surface area contributed by atoms with E-state index in [4.69, 9.17) is 9.94 Å². The first kappa shape index (κ1) is 10.9. The molecule has 0 aliphatic rings. The zero-order valence-corrected chi connectivity index (χ0v) is 7.19. The van der Waals surface area contributed by atoms with Crippen LogP contribution in [0, 0.1) is 0 Å². The number of carbonyl (C=O) groups excluding carboxylic acids is 1. The lowest BCUT2D eigenvalue weighted by atomic mass is 10.2. The van der Waals surface area contributed by atoms with Gasteiger partial charge in [-0.05, 0) is 13.3 Å². The molecule has 0 heterocycles. The minimum Gasteiger partial charge on any atom is -0.480 e. The van der Waals surface area contributed by atoms with Crippen LogP contribution in [0.1, 0.15) is 20.3 Å². The SMILES string of the molecule is CCON(C=O)C(CC)C(=O)O. The molecule has 0 spiro atoms. The summed E-state index contributed by atoms with van der Waals surface area (Å²) in [5, 5.41) is 9.44. The molecule has 0 rings (SSSR count). The van der Waals surface area contributed by atoms with Gasteiger partial charge in [0.15, 0.2) is 6.04 Å². The Kier molecular flexibility index (Phi) is 5.03. The van der Waals surface area contributed by atoms with Crippen molar-refractivity contribution in [3.05, 3.63) is 0 Å². The molecule has 0 aromatic rings. The Labute approximate surface area is 70.9 Å². The van der Waals surface area contributed by atoms with Crippen LogP contribution in [-0.4, -0.2) is 35.2 Å². The van der Waals surface area contributed by atoms with Crippen LogP contribution < -0.4 is 0 Å². The number of aliphatic carboxylic acids is 1. The van der Waals surface area contributed by atoms with Gasteiger partial charge in [0.1, 0.15) is 0 Å². The number of rotatable bonds is 6. The monoisotopic (exact) mass is 175 g/mol. The minimum absolute atomic E-state index is 0.280. The maximum Gasteiger partial charge on any atom is 0.329 e. The Hall–Kier alpha value is -1.10. The summed E-state index contributed by atoms with van der Waals surface area (Å²) in [7, 11) is 0. The Morgan fingerprint density at radius 1 is 1.67 bits per heavy atom. The largest absolute Gasteiger partial charge is 0.480 e. The second-order valence-corrected chi connectivity index (χ2v) is 2.15. The molecule has 0 aliphatic heterocycles. The quantitative estimate of drug-likeness (QED) is 0.464. The summed E-state index contributed by atoms with van der Waals surface area (Å²) in [6.07, 6.45) is 0.708. The maximum atomic E-state index is 10.5. The van der Waals surface area contributed by atoms with Crippen molar-refractivity contribution in [3.8, 4) is 0 Å². The number of carboxylic acid groups (broad SMARTS) is 1. The van der Waals surface area contributed by atoms with Crippen LogP contribution in [0.5, 0.6) is 0 Å². The summed E-state index contributed by atoms with van der Waals surface area (Å²) in [5.74, 6) is -1.06. The van der Waals surface area contributed by atoms with Gasteiger partial charge in [0.2, 0.25) is 6.41 Å². The fourth-order valence-corrected chi connectivity index (χ4v) is 0.806. The summed E-state index contributed by atoms with van der Waals surface area (Å²) in [6, 6.07) is -0.887. The summed E-state index contributed by atoms with van der Waals surface area (Å²) < 4.78 is 0. The molecular formula is C7H13NO4. The smallest absolute Gasteiger partial charge is 0.329 e. The van der Waals surface area contributed by atoms with Gasteiger partial charge >= 0.3 is 5.97 Å². The third kappa shape index (κ3) is 2.87. The van der Waals surface area contributed by atoms with Crippen LogP contribution >= 0.6 is 0 Å². The van der Waals surface area contributed by atoms with Gasteiger partial charge in [0.05, 0.1) is 6.61 Å². The van der Waals surface area contributed by atoms with Crippen LogP contribution in [-0.2, 0) is 14.4 Å². The van der Waals surface area contributed by atoms with E-state index in [2.05, 4.69) is 0 Å². The molecule has 1 atom stereocenters. The average Bonchev–Trinajstić information content (AvgIpc) is 2.03. The molecule has 0 fully saturated rings. The molecule has 5 nitrogen and oxygen atoms in total. The molecule has 0 bridgehead atoms. The lowest BCUT2D eigenvalue weighted by molar-refractivity contribution is -0.194. The Morgan fingerprint density at radius 3 is 2.50 bits per heavy atom. The molecule has 0 aromatic carbocycles. The van der Waals surface area contributed by atoms with Crippen molar-refractivity contribution in [2.75, 3.05) is 6.61 Å². The van der Waals surface area contributed by atoms with Crippen LogP contribution in [0.3, 0.4) is 0 Å². The second-order valence-electron chi connectivity index (χ2n) is 2.15. The normalized spacial score (nSPS) is 12.2. The van der Waals surface area contributed by atoms with Gasteiger partial charge in [0.25, 0.3) is 0 Å². The number of carboxylic acids is 1. The van der Waals surface area contributed by atoms with E-state index in [-0.39, 0.29) is 6.61 Å². The van der Waals surface area contributed by atoms with Gasteiger partial charge in [-0.25, -0.2) is 9.86 Å². The predicted octanol–water partition coefficient (Wildman–Crippen LogP) is 0.260. The van der Waals surface area contributed by atoms with Gasteiger partial charge in [-0.3, -0.25) is 9.63 Å². The zero-order chi connectivity index (χ0) is 9.56. The highest BCUT2D eigenvalue weighted by Crippen LogP contribution is 2.02. The number of carbonyl (C=O) groups is 2. The molecule has 0 aromatic heterocycles. The maximum absolute atomic E-state index is 10.5. The number of amides is 1. The number of hydroxylamine groups is 2. The molecule has 0 aliphatic carbocycles. The zero-order valence-electron chi connectivity index (χ0n) is 7.19. The number of hydrogen-bond donors (Lipinski definition) is 1. The Morgan fingerprint density at radius 2 is 2.25 bits per heavy atom. The molecule has 1 unspecified atom stereocenters. The summed E-state index contributed by atoms with van der Waals surface area (Å²) in [6.45, 7) is 3.64. The second kappa shape index (κ2) is 5.54. The van der Waals surface area contributed by atoms with Crippen molar-refractivity contribution in [2.45, 2.75) is 26.3 Å². The van der Waals surface area contributed by atoms with Crippen molar-refractivity contribution >= 4 is 12.4 Å². The molecule has 1 N–H and O–H groups in total. The number of hydrogen-bond acceptors (Lipinski definition) is 3. The standard InChI is InChI=1S/C7H13NO4/c1-3-6(7(10)11)8(5-9)12-4-2/h5-6H,3-4H2,1-2H3,(H,10,11). The third-order valence-corrected chi connectivity index (χ3v) is 1.36. The van der Waals surface area contributed by atoms with Crippen molar-refractivity contribution in [1.82, 2.24) is 5.06 Å². The van der Waals surface area contributed by atoms with Crippen LogP contribution in [0.4, 0.5) is 0 Å². The van der Waals surface area contributed by atoms with E-state index in [0.717, 1.165) is 5.06 Å². The molecule has 70 valence electrons. The van der Waals surface area contributed by atoms with E-state index in [9.17, 15) is 9.59 Å². The highest BCUT2D eigenvalue weighted by atomic mass is 16.7. The van der Waals surface area contributed by atoms with E-state index >= 15 is 0 Å². The Balaban J connectivity index is 4.22. The van der Waals surface area contributed by atoms with Gasteiger partial charge in [-0.2, -0.15) is 0 Å².